The molecule has 5 rings (SSSR count). The van der Waals surface area contributed by atoms with Crippen LogP contribution in [0.2, 0.25) is 0 Å². The highest BCUT2D eigenvalue weighted by Crippen LogP contribution is 2.41. The van der Waals surface area contributed by atoms with E-state index in [1.165, 1.54) is 36.2 Å². The number of hydrogen-bond acceptors (Lipinski definition) is 4. The van der Waals surface area contributed by atoms with Crippen LogP contribution in [0.5, 0.6) is 0 Å². The first-order valence-electron chi connectivity index (χ1n) is 17.9. The average molecular weight is 805 g/mol. The van der Waals surface area contributed by atoms with Crippen molar-refractivity contribution in [2.24, 2.45) is 0 Å². The maximum Gasteiger partial charge on any atom is 0.416 e. The number of esters is 1. The number of rotatable bonds is 10. The maximum atomic E-state index is 13.9. The van der Waals surface area contributed by atoms with Gasteiger partial charge in [-0.1, -0.05) is 110 Å². The second-order valence-corrected chi connectivity index (χ2v) is 12.8. The first-order valence-corrected chi connectivity index (χ1v) is 19.1. The van der Waals surface area contributed by atoms with Crippen LogP contribution >= 0.6 is 15.9 Å². The van der Waals surface area contributed by atoms with Crippen LogP contribution in [0, 0.1) is 12.7 Å². The molecule has 0 unspecified atom stereocenters. The molecule has 0 saturated heterocycles. The zero-order valence-electron chi connectivity index (χ0n) is 31.5. The van der Waals surface area contributed by atoms with Crippen LogP contribution in [-0.2, 0) is 40.6 Å². The van der Waals surface area contributed by atoms with E-state index in [-0.39, 0.29) is 31.6 Å². The van der Waals surface area contributed by atoms with Crippen molar-refractivity contribution in [1.29, 1.82) is 0 Å². The summed E-state index contributed by atoms with van der Waals surface area (Å²) in [6.07, 6.45) is 0.0494. The molecule has 4 nitrogen and oxygen atoms in total. The number of ether oxygens (including phenoxy) is 2. The third kappa shape index (κ3) is 14.5. The topological polar surface area (TPSA) is 48.4 Å². The molecule has 0 atom stereocenters. The number of hydrogen-bond donors (Lipinski definition) is 0. The van der Waals surface area contributed by atoms with Gasteiger partial charge in [0.05, 0.1) is 42.5 Å². The highest BCUT2D eigenvalue weighted by molar-refractivity contribution is 9.08. The molecule has 0 N–H and O–H groups in total. The third-order valence-corrected chi connectivity index (χ3v) is 8.75. The van der Waals surface area contributed by atoms with Gasteiger partial charge < -0.3 is 9.47 Å². The number of aromatic nitrogens is 1. The molecule has 1 aromatic heterocycles. The number of carbonyl (C=O) groups excluding carboxylic acids is 1. The van der Waals surface area contributed by atoms with Gasteiger partial charge in [0.15, 0.2) is 0 Å². The Morgan fingerprint density at radius 3 is 2.08 bits per heavy atom. The summed E-state index contributed by atoms with van der Waals surface area (Å²) in [6.45, 7) is 14.1. The van der Waals surface area contributed by atoms with Gasteiger partial charge in [-0.25, -0.2) is 13.6 Å². The molecule has 4 aromatic rings. The lowest BCUT2D eigenvalue weighted by atomic mass is 9.87. The number of alkyl halides is 4. The largest absolute Gasteiger partial charge is 0.462 e. The lowest BCUT2D eigenvalue weighted by Gasteiger charge is -2.23. The lowest BCUT2D eigenvalue weighted by Crippen LogP contribution is -2.17. The molecule has 1 saturated carbocycles. The van der Waals surface area contributed by atoms with E-state index in [1.807, 2.05) is 20.8 Å². The molecule has 0 aliphatic heterocycles. The van der Waals surface area contributed by atoms with E-state index in [2.05, 4.69) is 53.7 Å². The van der Waals surface area contributed by atoms with E-state index in [9.17, 15) is 26.7 Å². The molecule has 288 valence electrons. The predicted molar refractivity (Wildman–Crippen MR) is 207 cm³/mol. The molecule has 10 heteroatoms. The molecule has 0 bridgehead atoms. The van der Waals surface area contributed by atoms with Gasteiger partial charge in [0.25, 0.3) is 0 Å². The number of benzene rings is 3. The van der Waals surface area contributed by atoms with Crippen molar-refractivity contribution in [1.82, 2.24) is 4.98 Å². The molecule has 0 radical (unpaired) electrons. The SMILES string of the molecule is C=C(C)F.CC.CCOC(=O)c1c(CC)nc(C2CCCC2)c(COCc2cccc(C(F)(F)F)c2)c1-c1ccc(F)cc1.Cc1cccc(CBr)c1. The minimum absolute atomic E-state index is 0.0260. The van der Waals surface area contributed by atoms with Crippen LogP contribution in [0.3, 0.4) is 0 Å². The molecular weight excluding hydrogens is 753 g/mol. The number of pyridine rings is 1. The van der Waals surface area contributed by atoms with E-state index < -0.39 is 23.5 Å². The van der Waals surface area contributed by atoms with Crippen molar-refractivity contribution < 1.29 is 36.2 Å². The summed E-state index contributed by atoms with van der Waals surface area (Å²) in [5, 5.41) is 0.953. The van der Waals surface area contributed by atoms with Gasteiger partial charge in [-0.15, -0.1) is 0 Å². The standard InChI is InChI=1S/C30H31F4NO3.C8H9Br.C3H5F.C2H6/c1-3-25-27(29(36)38-4-2)26(20-12-14-23(31)15-13-20)24(28(35-25)21-9-5-6-10-21)18-37-17-19-8-7-11-22(16-19)30(32,33)34;1-7-3-2-4-8(5-7)6-9;1-3(2)4;1-2/h7-8,11-16,21H,3-6,9-10,17-18H2,1-2H3;2-5H,6H2,1H3;1H2,2H3;1-2H3. The normalized spacial score (nSPS) is 12.4. The number of halogens is 6. The molecule has 1 aliphatic carbocycles. The van der Waals surface area contributed by atoms with Crippen LogP contribution < -0.4 is 0 Å². The zero-order valence-corrected chi connectivity index (χ0v) is 33.1. The quantitative estimate of drug-likeness (QED) is 0.0910. The summed E-state index contributed by atoms with van der Waals surface area (Å²) in [7, 11) is 0. The second-order valence-electron chi connectivity index (χ2n) is 12.2. The fourth-order valence-electron chi connectivity index (χ4n) is 5.89. The van der Waals surface area contributed by atoms with E-state index in [4.69, 9.17) is 14.5 Å². The Morgan fingerprint density at radius 1 is 0.943 bits per heavy atom. The van der Waals surface area contributed by atoms with E-state index in [0.717, 1.165) is 48.8 Å². The Kier molecular flexibility index (Phi) is 19.7. The Hall–Kier alpha value is -3.89. The van der Waals surface area contributed by atoms with E-state index in [0.29, 0.717) is 39.9 Å². The monoisotopic (exact) mass is 803 g/mol. The summed E-state index contributed by atoms with van der Waals surface area (Å²) in [5.41, 5.74) is 5.97. The minimum Gasteiger partial charge on any atom is -0.462 e. The Labute approximate surface area is 320 Å². The molecular formula is C43H51BrF5NO3. The Bertz CT molecular complexity index is 1730. The van der Waals surface area contributed by atoms with Gasteiger partial charge >= 0.3 is 12.1 Å². The first kappa shape index (κ1) is 45.3. The van der Waals surface area contributed by atoms with Crippen molar-refractivity contribution in [3.8, 4) is 11.1 Å². The predicted octanol–water partition coefficient (Wildman–Crippen LogP) is 13.4. The summed E-state index contributed by atoms with van der Waals surface area (Å²) in [6, 6.07) is 19.4. The summed E-state index contributed by atoms with van der Waals surface area (Å²) in [4.78, 5) is 18.2. The summed E-state index contributed by atoms with van der Waals surface area (Å²) < 4.78 is 75.6. The summed E-state index contributed by atoms with van der Waals surface area (Å²) >= 11 is 3.39. The van der Waals surface area contributed by atoms with Crippen LogP contribution in [0.1, 0.15) is 116 Å². The van der Waals surface area contributed by atoms with Crippen LogP contribution in [-0.4, -0.2) is 17.6 Å². The molecule has 53 heavy (non-hydrogen) atoms. The molecule has 1 fully saturated rings. The second kappa shape index (κ2) is 23.0. The molecule has 0 amide bonds. The van der Waals surface area contributed by atoms with Gasteiger partial charge in [0, 0.05) is 28.1 Å². The van der Waals surface area contributed by atoms with Gasteiger partial charge in [-0.05, 0) is 81.0 Å². The third-order valence-electron chi connectivity index (χ3n) is 8.10. The Morgan fingerprint density at radius 2 is 1.55 bits per heavy atom. The van der Waals surface area contributed by atoms with Crippen molar-refractivity contribution >= 4 is 21.9 Å². The highest BCUT2D eigenvalue weighted by Gasteiger charge is 2.31. The van der Waals surface area contributed by atoms with Crippen molar-refractivity contribution in [2.75, 3.05) is 6.61 Å². The van der Waals surface area contributed by atoms with E-state index in [1.54, 1.807) is 25.1 Å². The smallest absolute Gasteiger partial charge is 0.416 e. The lowest BCUT2D eigenvalue weighted by molar-refractivity contribution is -0.137. The number of carbonyl (C=O) groups is 1. The fraction of sp³-hybridized carbons (Fsp3) is 0.395. The van der Waals surface area contributed by atoms with Gasteiger partial charge in [0.2, 0.25) is 0 Å². The molecule has 1 heterocycles. The molecule has 3 aromatic carbocycles. The van der Waals surface area contributed by atoms with Crippen molar-refractivity contribution in [3.63, 3.8) is 0 Å². The average Bonchev–Trinajstić information content (AvgIpc) is 3.67. The number of nitrogens with zero attached hydrogens (tertiary/aromatic N) is 1. The van der Waals surface area contributed by atoms with Crippen LogP contribution in [0.25, 0.3) is 11.1 Å². The molecule has 0 spiro atoms. The van der Waals surface area contributed by atoms with Crippen LogP contribution in [0.15, 0.2) is 85.2 Å². The van der Waals surface area contributed by atoms with Gasteiger partial charge in [0.1, 0.15) is 5.82 Å². The minimum atomic E-state index is -4.45. The number of aryl methyl sites for hydroxylation is 2. The van der Waals surface area contributed by atoms with Crippen molar-refractivity contribution in [3.05, 3.63) is 136 Å². The first-order chi connectivity index (χ1) is 25.3. The fourth-order valence-corrected chi connectivity index (χ4v) is 6.24. The highest BCUT2D eigenvalue weighted by atomic mass is 79.9. The Balaban J connectivity index is 0.000000543. The van der Waals surface area contributed by atoms with E-state index >= 15 is 0 Å². The van der Waals surface area contributed by atoms with Gasteiger partial charge in [-0.2, -0.15) is 13.2 Å². The zero-order chi connectivity index (χ0) is 39.6. The van der Waals surface area contributed by atoms with Crippen molar-refractivity contribution in [2.45, 2.75) is 104 Å². The summed E-state index contributed by atoms with van der Waals surface area (Å²) in [5.74, 6) is -1.09. The molecule has 1 aliphatic rings. The maximum absolute atomic E-state index is 13.9. The number of allylic oxidation sites excluding steroid dienone is 1. The van der Waals surface area contributed by atoms with Crippen LogP contribution in [0.4, 0.5) is 22.0 Å². The van der Waals surface area contributed by atoms with Gasteiger partial charge in [-0.3, -0.25) is 4.98 Å².